The molecule has 0 amide bonds. The number of nitrogens with one attached hydrogen (secondary N) is 1. The average Bonchev–Trinajstić information content (AvgIpc) is 2.24. The lowest BCUT2D eigenvalue weighted by Crippen LogP contribution is -2.19. The number of hydrogen-bond donors (Lipinski definition) is 1. The van der Waals surface area contributed by atoms with Crippen molar-refractivity contribution in [3.05, 3.63) is 23.3 Å². The van der Waals surface area contributed by atoms with Crippen LogP contribution in [0.15, 0.2) is 12.1 Å². The van der Waals surface area contributed by atoms with Crippen LogP contribution in [-0.4, -0.2) is 14.2 Å². The molecule has 1 aromatic carbocycles. The Kier molecular flexibility index (Phi) is 3.99. The molecule has 2 heteroatoms. The average molecular weight is 249 g/mol. The van der Waals surface area contributed by atoms with E-state index in [-0.39, 0.29) is 10.8 Å². The molecular formula is C16H27NO. The van der Waals surface area contributed by atoms with Crippen molar-refractivity contribution in [1.29, 1.82) is 0 Å². The number of benzene rings is 1. The van der Waals surface area contributed by atoms with E-state index in [4.69, 9.17) is 4.74 Å². The van der Waals surface area contributed by atoms with E-state index in [1.54, 1.807) is 7.11 Å². The Morgan fingerprint density at radius 3 is 1.72 bits per heavy atom. The van der Waals surface area contributed by atoms with Gasteiger partial charge in [0.15, 0.2) is 0 Å². The van der Waals surface area contributed by atoms with Crippen molar-refractivity contribution in [2.24, 2.45) is 0 Å². The largest absolute Gasteiger partial charge is 0.496 e. The number of hydrogen-bond acceptors (Lipinski definition) is 2. The van der Waals surface area contributed by atoms with Crippen LogP contribution in [0.2, 0.25) is 0 Å². The van der Waals surface area contributed by atoms with Crippen LogP contribution in [0.3, 0.4) is 0 Å². The molecule has 0 aliphatic rings. The second-order valence-corrected chi connectivity index (χ2v) is 6.85. The highest BCUT2D eigenvalue weighted by Gasteiger charge is 2.25. The standard InChI is InChI=1S/C16H27NO/c1-15(2,3)11-9-12(16(4,5)6)14(18-8)10-13(11)17-7/h9-10,17H,1-8H3. The van der Waals surface area contributed by atoms with Crippen molar-refractivity contribution in [3.8, 4) is 5.75 Å². The normalized spacial score (nSPS) is 12.4. The highest BCUT2D eigenvalue weighted by molar-refractivity contribution is 5.61. The first kappa shape index (κ1) is 14.9. The summed E-state index contributed by atoms with van der Waals surface area (Å²) in [6.45, 7) is 13.4. The van der Waals surface area contributed by atoms with E-state index in [0.717, 1.165) is 11.4 Å². The molecule has 2 nitrogen and oxygen atoms in total. The minimum Gasteiger partial charge on any atom is -0.496 e. The van der Waals surface area contributed by atoms with Crippen LogP contribution in [0.25, 0.3) is 0 Å². The van der Waals surface area contributed by atoms with E-state index in [0.29, 0.717) is 0 Å². The van der Waals surface area contributed by atoms with Gasteiger partial charge in [-0.3, -0.25) is 0 Å². The Morgan fingerprint density at radius 2 is 1.39 bits per heavy atom. The molecule has 0 unspecified atom stereocenters. The fourth-order valence-corrected chi connectivity index (χ4v) is 2.16. The number of anilines is 1. The lowest BCUT2D eigenvalue weighted by molar-refractivity contribution is 0.397. The van der Waals surface area contributed by atoms with Crippen molar-refractivity contribution >= 4 is 5.69 Å². The highest BCUT2D eigenvalue weighted by atomic mass is 16.5. The molecule has 0 spiro atoms. The van der Waals surface area contributed by atoms with Gasteiger partial charge in [-0.15, -0.1) is 0 Å². The summed E-state index contributed by atoms with van der Waals surface area (Å²) < 4.78 is 5.54. The summed E-state index contributed by atoms with van der Waals surface area (Å²) >= 11 is 0. The van der Waals surface area contributed by atoms with Gasteiger partial charge in [-0.05, 0) is 28.0 Å². The minimum atomic E-state index is 0.0810. The number of rotatable bonds is 2. The molecule has 1 aromatic rings. The zero-order valence-corrected chi connectivity index (χ0v) is 13.1. The SMILES string of the molecule is CNc1cc(OC)c(C(C)(C)C)cc1C(C)(C)C. The molecule has 0 fully saturated rings. The van der Waals surface area contributed by atoms with Crippen molar-refractivity contribution in [3.63, 3.8) is 0 Å². The predicted molar refractivity (Wildman–Crippen MR) is 79.9 cm³/mol. The molecule has 1 N–H and O–H groups in total. The smallest absolute Gasteiger partial charge is 0.124 e. The van der Waals surface area contributed by atoms with Crippen LogP contribution in [0.1, 0.15) is 52.7 Å². The summed E-state index contributed by atoms with van der Waals surface area (Å²) in [6.07, 6.45) is 0. The minimum absolute atomic E-state index is 0.0810. The lowest BCUT2D eigenvalue weighted by atomic mass is 9.79. The van der Waals surface area contributed by atoms with E-state index in [2.05, 4.69) is 59.0 Å². The van der Waals surface area contributed by atoms with E-state index in [1.807, 2.05) is 7.05 Å². The molecule has 0 saturated heterocycles. The molecule has 0 aromatic heterocycles. The van der Waals surface area contributed by atoms with Crippen molar-refractivity contribution < 1.29 is 4.74 Å². The summed E-state index contributed by atoms with van der Waals surface area (Å²) in [4.78, 5) is 0. The van der Waals surface area contributed by atoms with Gasteiger partial charge in [0.25, 0.3) is 0 Å². The maximum atomic E-state index is 5.54. The molecular weight excluding hydrogens is 222 g/mol. The first-order valence-electron chi connectivity index (χ1n) is 6.52. The van der Waals surface area contributed by atoms with E-state index >= 15 is 0 Å². The Labute approximate surface area is 112 Å². The molecule has 0 heterocycles. The van der Waals surface area contributed by atoms with Crippen LogP contribution in [0.4, 0.5) is 5.69 Å². The van der Waals surface area contributed by atoms with Crippen LogP contribution < -0.4 is 10.1 Å². The molecule has 102 valence electrons. The monoisotopic (exact) mass is 249 g/mol. The summed E-state index contributed by atoms with van der Waals surface area (Å²) in [6, 6.07) is 4.39. The fraction of sp³-hybridized carbons (Fsp3) is 0.625. The van der Waals surface area contributed by atoms with Crippen LogP contribution in [0, 0.1) is 0 Å². The fourth-order valence-electron chi connectivity index (χ4n) is 2.16. The maximum Gasteiger partial charge on any atom is 0.124 e. The second-order valence-electron chi connectivity index (χ2n) is 6.85. The molecule has 1 rings (SSSR count). The molecule has 0 saturated carbocycles. The molecule has 0 atom stereocenters. The van der Waals surface area contributed by atoms with Crippen LogP contribution >= 0.6 is 0 Å². The summed E-state index contributed by atoms with van der Waals surface area (Å²) in [5.41, 5.74) is 3.93. The Bertz CT molecular complexity index is 385. The van der Waals surface area contributed by atoms with Gasteiger partial charge in [-0.1, -0.05) is 41.5 Å². The molecule has 0 radical (unpaired) electrons. The maximum absolute atomic E-state index is 5.54. The van der Waals surface area contributed by atoms with Gasteiger partial charge in [0.05, 0.1) is 7.11 Å². The summed E-state index contributed by atoms with van der Waals surface area (Å²) in [5, 5.41) is 3.28. The quantitative estimate of drug-likeness (QED) is 0.842. The first-order chi connectivity index (χ1) is 8.11. The van der Waals surface area contributed by atoms with Crippen LogP contribution in [0.5, 0.6) is 5.75 Å². The Hall–Kier alpha value is -1.18. The van der Waals surface area contributed by atoms with Crippen molar-refractivity contribution in [2.75, 3.05) is 19.5 Å². The van der Waals surface area contributed by atoms with Gasteiger partial charge >= 0.3 is 0 Å². The van der Waals surface area contributed by atoms with Gasteiger partial charge in [0.2, 0.25) is 0 Å². The summed E-state index contributed by atoms with van der Waals surface area (Å²) in [5.74, 6) is 0.958. The van der Waals surface area contributed by atoms with E-state index in [1.165, 1.54) is 11.1 Å². The van der Waals surface area contributed by atoms with Gasteiger partial charge in [0.1, 0.15) is 5.75 Å². The molecule has 0 aliphatic heterocycles. The van der Waals surface area contributed by atoms with E-state index < -0.39 is 0 Å². The lowest BCUT2D eigenvalue weighted by Gasteiger charge is -2.29. The molecule has 0 aliphatic carbocycles. The van der Waals surface area contributed by atoms with Gasteiger partial charge < -0.3 is 10.1 Å². The Morgan fingerprint density at radius 1 is 0.889 bits per heavy atom. The van der Waals surface area contributed by atoms with E-state index in [9.17, 15) is 0 Å². The van der Waals surface area contributed by atoms with Gasteiger partial charge in [-0.25, -0.2) is 0 Å². The first-order valence-corrected chi connectivity index (χ1v) is 6.52. The van der Waals surface area contributed by atoms with Crippen molar-refractivity contribution in [1.82, 2.24) is 0 Å². The number of methoxy groups -OCH3 is 1. The topological polar surface area (TPSA) is 21.3 Å². The number of ether oxygens (including phenoxy) is 1. The zero-order valence-electron chi connectivity index (χ0n) is 13.1. The third-order valence-electron chi connectivity index (χ3n) is 3.23. The predicted octanol–water partition coefficient (Wildman–Crippen LogP) is 4.33. The van der Waals surface area contributed by atoms with Gasteiger partial charge in [0, 0.05) is 18.8 Å². The molecule has 18 heavy (non-hydrogen) atoms. The summed E-state index contributed by atoms with van der Waals surface area (Å²) in [7, 11) is 3.70. The Balaban J connectivity index is 3.55. The third-order valence-corrected chi connectivity index (χ3v) is 3.23. The van der Waals surface area contributed by atoms with Crippen LogP contribution in [-0.2, 0) is 10.8 Å². The van der Waals surface area contributed by atoms with Gasteiger partial charge in [-0.2, -0.15) is 0 Å². The van der Waals surface area contributed by atoms with Crippen molar-refractivity contribution in [2.45, 2.75) is 52.4 Å². The molecule has 0 bridgehead atoms. The second kappa shape index (κ2) is 4.83. The zero-order chi connectivity index (χ0) is 14.1. The third kappa shape index (κ3) is 2.98. The highest BCUT2D eigenvalue weighted by Crippen LogP contribution is 2.39.